The number of piperidine rings is 2. The van der Waals surface area contributed by atoms with Gasteiger partial charge in [-0.1, -0.05) is 0 Å². The first kappa shape index (κ1) is 29.5. The van der Waals surface area contributed by atoms with Gasteiger partial charge >= 0.3 is 12.2 Å². The number of likely N-dealkylation sites (tertiary alicyclic amines) is 2. The minimum absolute atomic E-state index is 0.0197. The number of nitrogens with two attached hydrogens (primary N) is 1. The molecule has 3 amide bonds. The topological polar surface area (TPSA) is 114 Å². The number of rotatable bonds is 3. The molecule has 4 rings (SSSR count). The summed E-state index contributed by atoms with van der Waals surface area (Å²) in [7, 11) is 0. The van der Waals surface area contributed by atoms with Gasteiger partial charge in [-0.25, -0.2) is 9.59 Å². The molecular formula is C28H50N4O5. The second kappa shape index (κ2) is 11.0. The van der Waals surface area contributed by atoms with E-state index >= 15 is 0 Å². The first-order valence-corrected chi connectivity index (χ1v) is 14.1. The van der Waals surface area contributed by atoms with Crippen molar-refractivity contribution >= 4 is 18.1 Å². The first-order chi connectivity index (χ1) is 17.0. The largest absolute Gasteiger partial charge is 0.444 e. The summed E-state index contributed by atoms with van der Waals surface area (Å²) in [6.45, 7) is 16.0. The highest BCUT2D eigenvalue weighted by atomic mass is 16.6. The lowest BCUT2D eigenvalue weighted by molar-refractivity contribution is -0.120. The van der Waals surface area contributed by atoms with Gasteiger partial charge in [-0.05, 0) is 105 Å². The average molecular weight is 523 g/mol. The molecule has 0 radical (unpaired) electrons. The van der Waals surface area contributed by atoms with Gasteiger partial charge in [0.05, 0.1) is 0 Å². The highest BCUT2D eigenvalue weighted by molar-refractivity contribution is 5.74. The van der Waals surface area contributed by atoms with Crippen LogP contribution in [0.4, 0.5) is 9.59 Å². The molecule has 4 aliphatic rings. The number of hydrogen-bond acceptors (Lipinski definition) is 6. The zero-order chi connectivity index (χ0) is 27.6. The Bertz CT molecular complexity index is 822. The van der Waals surface area contributed by atoms with Crippen LogP contribution in [0.15, 0.2) is 0 Å². The van der Waals surface area contributed by atoms with Gasteiger partial charge in [0, 0.05) is 44.2 Å². The van der Waals surface area contributed by atoms with E-state index in [1.807, 2.05) is 46.4 Å². The van der Waals surface area contributed by atoms with E-state index in [9.17, 15) is 14.4 Å². The van der Waals surface area contributed by atoms with Crippen LogP contribution < -0.4 is 11.1 Å². The lowest BCUT2D eigenvalue weighted by atomic mass is 9.87. The van der Waals surface area contributed by atoms with Gasteiger partial charge in [0.2, 0.25) is 5.91 Å². The predicted octanol–water partition coefficient (Wildman–Crippen LogP) is 4.43. The smallest absolute Gasteiger partial charge is 0.410 e. The standard InChI is InChI=1S/C15H26N2O3.C13H24N2O2/c1-11(18)16-15(7-8-15)12-5-9-17(10-6-12)13(19)20-14(2,3)4;1-12(2,3)17-11(16)15-8-4-10(5-9-15)13(14)6-7-13/h12H,5-10H2,1-4H3,(H,16,18);10H,4-9,14H2,1-3H3. The van der Waals surface area contributed by atoms with Gasteiger partial charge in [-0.2, -0.15) is 0 Å². The van der Waals surface area contributed by atoms with Crippen molar-refractivity contribution in [3.8, 4) is 0 Å². The van der Waals surface area contributed by atoms with Crippen LogP contribution in [0.25, 0.3) is 0 Å². The Kier molecular flexibility index (Phi) is 8.77. The van der Waals surface area contributed by atoms with Crippen molar-refractivity contribution in [2.75, 3.05) is 26.2 Å². The molecule has 2 saturated carbocycles. The third kappa shape index (κ3) is 8.76. The fourth-order valence-electron chi connectivity index (χ4n) is 5.58. The number of carbonyl (C=O) groups excluding carboxylic acids is 3. The van der Waals surface area contributed by atoms with Crippen LogP contribution in [-0.2, 0) is 14.3 Å². The van der Waals surface area contributed by atoms with E-state index < -0.39 is 11.2 Å². The minimum Gasteiger partial charge on any atom is -0.444 e. The molecular weight excluding hydrogens is 472 g/mol. The highest BCUT2D eigenvalue weighted by Crippen LogP contribution is 2.47. The van der Waals surface area contributed by atoms with Crippen molar-refractivity contribution in [1.29, 1.82) is 0 Å². The van der Waals surface area contributed by atoms with Crippen LogP contribution in [0, 0.1) is 11.8 Å². The lowest BCUT2D eigenvalue weighted by Gasteiger charge is -2.37. The van der Waals surface area contributed by atoms with E-state index in [2.05, 4.69) is 5.32 Å². The molecule has 0 unspecified atom stereocenters. The summed E-state index contributed by atoms with van der Waals surface area (Å²) in [6.07, 6.45) is 7.99. The first-order valence-electron chi connectivity index (χ1n) is 14.1. The maximum atomic E-state index is 12.0. The van der Waals surface area contributed by atoms with Gasteiger partial charge < -0.3 is 30.3 Å². The molecule has 0 spiro atoms. The van der Waals surface area contributed by atoms with E-state index in [1.54, 1.807) is 11.8 Å². The van der Waals surface area contributed by atoms with E-state index in [-0.39, 0.29) is 29.2 Å². The van der Waals surface area contributed by atoms with Gasteiger partial charge in [-0.15, -0.1) is 0 Å². The Labute approximate surface area is 223 Å². The highest BCUT2D eigenvalue weighted by Gasteiger charge is 2.51. The van der Waals surface area contributed by atoms with E-state index in [1.165, 1.54) is 0 Å². The molecule has 0 aromatic carbocycles. The Morgan fingerprint density at radius 3 is 1.41 bits per heavy atom. The van der Waals surface area contributed by atoms with Crippen LogP contribution in [0.5, 0.6) is 0 Å². The molecule has 37 heavy (non-hydrogen) atoms. The maximum Gasteiger partial charge on any atom is 0.410 e. The summed E-state index contributed by atoms with van der Waals surface area (Å²) in [6, 6.07) is 0. The fourth-order valence-corrected chi connectivity index (χ4v) is 5.58. The number of nitrogens with zero attached hydrogens (tertiary/aromatic N) is 2. The van der Waals surface area contributed by atoms with E-state index in [4.69, 9.17) is 15.2 Å². The quantitative estimate of drug-likeness (QED) is 0.567. The predicted molar refractivity (Wildman–Crippen MR) is 143 cm³/mol. The SMILES string of the molecule is CC(=O)NC1(C2CCN(C(=O)OC(C)(C)C)CC2)CC1.CC(C)(C)OC(=O)N1CCC(C2(N)CC2)CC1. The summed E-state index contributed by atoms with van der Waals surface area (Å²) in [4.78, 5) is 38.7. The molecule has 0 atom stereocenters. The number of hydrogen-bond donors (Lipinski definition) is 2. The molecule has 0 aromatic heterocycles. The molecule has 2 aliphatic carbocycles. The van der Waals surface area contributed by atoms with Crippen LogP contribution in [0.1, 0.15) is 99.8 Å². The fraction of sp³-hybridized carbons (Fsp3) is 0.893. The molecule has 3 N–H and O–H groups in total. The van der Waals surface area contributed by atoms with Crippen molar-refractivity contribution in [2.45, 2.75) is 122 Å². The van der Waals surface area contributed by atoms with Gasteiger partial charge in [0.25, 0.3) is 0 Å². The van der Waals surface area contributed by atoms with Crippen molar-refractivity contribution in [3.05, 3.63) is 0 Å². The van der Waals surface area contributed by atoms with Crippen molar-refractivity contribution in [3.63, 3.8) is 0 Å². The Balaban J connectivity index is 0.000000208. The Morgan fingerprint density at radius 1 is 0.730 bits per heavy atom. The molecule has 4 fully saturated rings. The summed E-state index contributed by atoms with van der Waals surface area (Å²) < 4.78 is 10.8. The molecule has 2 aliphatic heterocycles. The second-order valence-corrected chi connectivity index (χ2v) is 13.6. The Morgan fingerprint density at radius 2 is 1.11 bits per heavy atom. The van der Waals surface area contributed by atoms with Crippen LogP contribution in [0.2, 0.25) is 0 Å². The third-order valence-electron chi connectivity index (χ3n) is 7.93. The van der Waals surface area contributed by atoms with Crippen LogP contribution >= 0.6 is 0 Å². The van der Waals surface area contributed by atoms with Gasteiger partial charge in [0.1, 0.15) is 11.2 Å². The van der Waals surface area contributed by atoms with Crippen LogP contribution in [0.3, 0.4) is 0 Å². The van der Waals surface area contributed by atoms with Gasteiger partial charge in [0.15, 0.2) is 0 Å². The number of nitrogens with one attached hydrogen (secondary N) is 1. The zero-order valence-corrected chi connectivity index (χ0v) is 24.2. The molecule has 2 heterocycles. The minimum atomic E-state index is -0.443. The van der Waals surface area contributed by atoms with E-state index in [0.717, 1.165) is 77.5 Å². The molecule has 0 aromatic rings. The zero-order valence-electron chi connectivity index (χ0n) is 24.2. The number of ether oxygens (including phenoxy) is 2. The monoisotopic (exact) mass is 522 g/mol. The van der Waals surface area contributed by atoms with Crippen LogP contribution in [-0.4, -0.2) is 76.4 Å². The molecule has 0 bridgehead atoms. The Hall–Kier alpha value is -2.03. The van der Waals surface area contributed by atoms with Crippen molar-refractivity contribution < 1.29 is 23.9 Å². The van der Waals surface area contributed by atoms with E-state index in [0.29, 0.717) is 11.8 Å². The summed E-state index contributed by atoms with van der Waals surface area (Å²) in [5.41, 5.74) is 5.48. The van der Waals surface area contributed by atoms with Crippen molar-refractivity contribution in [1.82, 2.24) is 15.1 Å². The molecule has 2 saturated heterocycles. The molecule has 212 valence electrons. The third-order valence-corrected chi connectivity index (χ3v) is 7.93. The normalized spacial score (nSPS) is 23.4. The second-order valence-electron chi connectivity index (χ2n) is 13.6. The summed E-state index contributed by atoms with van der Waals surface area (Å²) in [5, 5.41) is 3.11. The average Bonchev–Trinajstić information content (AvgIpc) is 3.70. The summed E-state index contributed by atoms with van der Waals surface area (Å²) >= 11 is 0. The molecule has 9 heteroatoms. The number of carbonyl (C=O) groups is 3. The maximum absolute atomic E-state index is 12.0. The summed E-state index contributed by atoms with van der Waals surface area (Å²) in [5.74, 6) is 1.14. The van der Waals surface area contributed by atoms with Gasteiger partial charge in [-0.3, -0.25) is 4.79 Å². The van der Waals surface area contributed by atoms with Crippen molar-refractivity contribution in [2.24, 2.45) is 17.6 Å². The number of amides is 3. The molecule has 9 nitrogen and oxygen atoms in total. The lowest BCUT2D eigenvalue weighted by Crippen LogP contribution is -2.48.